The summed E-state index contributed by atoms with van der Waals surface area (Å²) >= 11 is 11.6. The predicted molar refractivity (Wildman–Crippen MR) is 65.2 cm³/mol. The van der Waals surface area contributed by atoms with Crippen molar-refractivity contribution >= 4 is 34.7 Å². The molecular formula is C11H8Cl2N2O2. The van der Waals surface area contributed by atoms with E-state index < -0.39 is 5.78 Å². The van der Waals surface area contributed by atoms with Crippen molar-refractivity contribution in [1.82, 2.24) is 0 Å². The van der Waals surface area contributed by atoms with Crippen molar-refractivity contribution < 1.29 is 9.63 Å². The van der Waals surface area contributed by atoms with Gasteiger partial charge in [0.15, 0.2) is 5.78 Å². The van der Waals surface area contributed by atoms with Gasteiger partial charge in [0.1, 0.15) is 13.2 Å². The molecule has 0 aliphatic heterocycles. The average molecular weight is 271 g/mol. The SMILES string of the molecule is CO/N=C(\C#N)C(=O)Cc1ccc(Cl)c(Cl)c1. The fourth-order valence-corrected chi connectivity index (χ4v) is 1.46. The molecule has 0 heterocycles. The highest BCUT2D eigenvalue weighted by Crippen LogP contribution is 2.22. The molecule has 4 nitrogen and oxygen atoms in total. The average Bonchev–Trinajstić information content (AvgIpc) is 2.30. The molecule has 0 fully saturated rings. The Bertz CT molecular complexity index is 507. The normalized spacial score (nSPS) is 10.8. The molecule has 0 radical (unpaired) electrons. The summed E-state index contributed by atoms with van der Waals surface area (Å²) in [5.74, 6) is -0.437. The number of nitrogens with zero attached hydrogens (tertiary/aromatic N) is 2. The van der Waals surface area contributed by atoms with Crippen molar-refractivity contribution in [3.8, 4) is 6.07 Å². The Labute approximate surface area is 108 Å². The van der Waals surface area contributed by atoms with Crippen LogP contribution in [-0.4, -0.2) is 18.6 Å². The van der Waals surface area contributed by atoms with Gasteiger partial charge in [-0.2, -0.15) is 5.26 Å². The molecule has 0 N–H and O–H groups in total. The van der Waals surface area contributed by atoms with Gasteiger partial charge in [0.05, 0.1) is 10.0 Å². The van der Waals surface area contributed by atoms with Gasteiger partial charge in [0.2, 0.25) is 5.71 Å². The Morgan fingerprint density at radius 3 is 2.71 bits per heavy atom. The van der Waals surface area contributed by atoms with Crippen LogP contribution in [0.15, 0.2) is 23.4 Å². The third-order valence-corrected chi connectivity index (χ3v) is 2.64. The van der Waals surface area contributed by atoms with Gasteiger partial charge < -0.3 is 4.84 Å². The number of oxime groups is 1. The first-order chi connectivity index (χ1) is 8.08. The van der Waals surface area contributed by atoms with Crippen LogP contribution in [-0.2, 0) is 16.1 Å². The van der Waals surface area contributed by atoms with Gasteiger partial charge in [0, 0.05) is 6.42 Å². The van der Waals surface area contributed by atoms with Gasteiger partial charge in [-0.15, -0.1) is 0 Å². The Balaban J connectivity index is 2.85. The summed E-state index contributed by atoms with van der Waals surface area (Å²) < 4.78 is 0. The number of hydrogen-bond acceptors (Lipinski definition) is 4. The van der Waals surface area contributed by atoms with Crippen LogP contribution in [0, 0.1) is 11.3 Å². The molecular weight excluding hydrogens is 263 g/mol. The molecule has 0 saturated carbocycles. The van der Waals surface area contributed by atoms with Gasteiger partial charge >= 0.3 is 0 Å². The fourth-order valence-electron chi connectivity index (χ4n) is 1.14. The molecule has 17 heavy (non-hydrogen) atoms. The van der Waals surface area contributed by atoms with Crippen LogP contribution in [0.1, 0.15) is 5.56 Å². The Hall–Kier alpha value is -1.57. The number of halogens is 2. The van der Waals surface area contributed by atoms with Gasteiger partial charge in [-0.3, -0.25) is 4.79 Å². The molecule has 1 rings (SSSR count). The highest BCUT2D eigenvalue weighted by atomic mass is 35.5. The van der Waals surface area contributed by atoms with E-state index in [-0.39, 0.29) is 12.1 Å². The van der Waals surface area contributed by atoms with Crippen molar-refractivity contribution in [3.05, 3.63) is 33.8 Å². The molecule has 0 bridgehead atoms. The molecule has 0 spiro atoms. The van der Waals surface area contributed by atoms with Gasteiger partial charge in [-0.25, -0.2) is 0 Å². The molecule has 6 heteroatoms. The van der Waals surface area contributed by atoms with Gasteiger partial charge in [-0.1, -0.05) is 34.4 Å². The van der Waals surface area contributed by atoms with Crippen molar-refractivity contribution in [2.45, 2.75) is 6.42 Å². The Kier molecular flexibility index (Phi) is 4.95. The lowest BCUT2D eigenvalue weighted by Crippen LogP contribution is -2.15. The summed E-state index contributed by atoms with van der Waals surface area (Å²) in [6.45, 7) is 0. The molecule has 0 aliphatic carbocycles. The highest BCUT2D eigenvalue weighted by Gasteiger charge is 2.13. The molecule has 88 valence electrons. The van der Waals surface area contributed by atoms with Crippen molar-refractivity contribution in [3.63, 3.8) is 0 Å². The molecule has 0 unspecified atom stereocenters. The van der Waals surface area contributed by atoms with Crippen LogP contribution in [0.4, 0.5) is 0 Å². The van der Waals surface area contributed by atoms with E-state index in [4.69, 9.17) is 28.5 Å². The van der Waals surface area contributed by atoms with Gasteiger partial charge in [0.25, 0.3) is 0 Å². The summed E-state index contributed by atoms with van der Waals surface area (Å²) in [5, 5.41) is 12.8. The lowest BCUT2D eigenvalue weighted by Gasteiger charge is -2.01. The third-order valence-electron chi connectivity index (χ3n) is 1.90. The number of carbonyl (C=O) groups excluding carboxylic acids is 1. The minimum atomic E-state index is -0.437. The number of ketones is 1. The minimum Gasteiger partial charge on any atom is -0.398 e. The lowest BCUT2D eigenvalue weighted by atomic mass is 10.1. The molecule has 1 aromatic rings. The van der Waals surface area contributed by atoms with E-state index in [9.17, 15) is 4.79 Å². The van der Waals surface area contributed by atoms with E-state index in [0.29, 0.717) is 15.6 Å². The number of Topliss-reactive ketones (excluding diaryl/α,β-unsaturated/α-hetero) is 1. The zero-order valence-electron chi connectivity index (χ0n) is 8.91. The second-order valence-corrected chi connectivity index (χ2v) is 3.90. The summed E-state index contributed by atoms with van der Waals surface area (Å²) in [6.07, 6.45) is 0.0205. The predicted octanol–water partition coefficient (Wildman–Crippen LogP) is 2.63. The number of rotatable bonds is 4. The van der Waals surface area contributed by atoms with Crippen molar-refractivity contribution in [2.24, 2.45) is 5.16 Å². The van der Waals surface area contributed by atoms with Gasteiger partial charge in [-0.05, 0) is 17.7 Å². The maximum atomic E-state index is 11.6. The largest absolute Gasteiger partial charge is 0.398 e. The van der Waals surface area contributed by atoms with E-state index >= 15 is 0 Å². The Morgan fingerprint density at radius 1 is 1.47 bits per heavy atom. The molecule has 0 aliphatic rings. The lowest BCUT2D eigenvalue weighted by molar-refractivity contribution is -0.112. The van der Waals surface area contributed by atoms with E-state index in [1.807, 2.05) is 0 Å². The topological polar surface area (TPSA) is 62.4 Å². The summed E-state index contributed by atoms with van der Waals surface area (Å²) in [6, 6.07) is 6.49. The van der Waals surface area contributed by atoms with E-state index in [2.05, 4.69) is 9.99 Å². The minimum absolute atomic E-state index is 0.0205. The summed E-state index contributed by atoms with van der Waals surface area (Å²) in [5.41, 5.74) is 0.377. The summed E-state index contributed by atoms with van der Waals surface area (Å²) in [7, 11) is 1.27. The molecule has 1 aromatic carbocycles. The van der Waals surface area contributed by atoms with Crippen LogP contribution in [0.3, 0.4) is 0 Å². The molecule has 0 aromatic heterocycles. The van der Waals surface area contributed by atoms with Crippen molar-refractivity contribution in [2.75, 3.05) is 7.11 Å². The first-order valence-corrected chi connectivity index (χ1v) is 5.32. The number of carbonyl (C=O) groups is 1. The van der Waals surface area contributed by atoms with Crippen LogP contribution in [0.5, 0.6) is 0 Å². The summed E-state index contributed by atoms with van der Waals surface area (Å²) in [4.78, 5) is 16.0. The third kappa shape index (κ3) is 3.74. The number of hydrogen-bond donors (Lipinski definition) is 0. The zero-order valence-corrected chi connectivity index (χ0v) is 10.4. The number of benzene rings is 1. The zero-order chi connectivity index (χ0) is 12.8. The second-order valence-electron chi connectivity index (χ2n) is 3.08. The van der Waals surface area contributed by atoms with E-state index in [1.54, 1.807) is 24.3 Å². The van der Waals surface area contributed by atoms with Crippen molar-refractivity contribution in [1.29, 1.82) is 5.26 Å². The van der Waals surface area contributed by atoms with Crippen LogP contribution < -0.4 is 0 Å². The fraction of sp³-hybridized carbons (Fsp3) is 0.182. The second kappa shape index (κ2) is 6.24. The van der Waals surface area contributed by atoms with E-state index in [1.165, 1.54) is 7.11 Å². The standard InChI is InChI=1S/C11H8Cl2N2O2/c1-17-15-10(6-14)11(16)5-7-2-3-8(12)9(13)4-7/h2-4H,5H2,1H3/b15-10+. The van der Waals surface area contributed by atoms with Crippen LogP contribution in [0.2, 0.25) is 10.0 Å². The monoisotopic (exact) mass is 270 g/mol. The van der Waals surface area contributed by atoms with E-state index in [0.717, 1.165) is 0 Å². The maximum Gasteiger partial charge on any atom is 0.222 e. The first kappa shape index (κ1) is 13.5. The maximum absolute atomic E-state index is 11.6. The van der Waals surface area contributed by atoms with Crippen LogP contribution >= 0.6 is 23.2 Å². The highest BCUT2D eigenvalue weighted by molar-refractivity contribution is 6.46. The molecule has 0 amide bonds. The quantitative estimate of drug-likeness (QED) is 0.624. The molecule has 0 saturated heterocycles. The van der Waals surface area contributed by atoms with Crippen LogP contribution in [0.25, 0.3) is 0 Å². The smallest absolute Gasteiger partial charge is 0.222 e. The number of nitriles is 1. The molecule has 0 atom stereocenters. The first-order valence-electron chi connectivity index (χ1n) is 4.57. The Morgan fingerprint density at radius 2 is 2.18 bits per heavy atom.